The second-order valence-corrected chi connectivity index (χ2v) is 4.99. The molecular weight excluding hydrogens is 224 g/mol. The minimum atomic E-state index is 0.208. The van der Waals surface area contributed by atoms with Crippen molar-refractivity contribution in [1.29, 1.82) is 0 Å². The summed E-state index contributed by atoms with van der Waals surface area (Å²) < 4.78 is 0. The molecule has 1 aliphatic rings. The Morgan fingerprint density at radius 3 is 2.83 bits per heavy atom. The van der Waals surface area contributed by atoms with E-state index in [1.807, 2.05) is 18.2 Å². The maximum atomic E-state index is 4.53. The van der Waals surface area contributed by atoms with Crippen molar-refractivity contribution < 1.29 is 0 Å². The molecule has 1 saturated carbocycles. The number of hydrogen-bond acceptors (Lipinski definition) is 3. The fraction of sp³-hybridized carbons (Fsp3) is 0.500. The molecule has 4 nitrogen and oxygen atoms in total. The molecule has 0 saturated heterocycles. The maximum absolute atomic E-state index is 4.53. The van der Waals surface area contributed by atoms with Crippen molar-refractivity contribution >= 4 is 11.2 Å². The molecule has 1 aliphatic carbocycles. The Morgan fingerprint density at radius 2 is 2.11 bits per heavy atom. The molecular formula is C14H18N4. The first-order valence-electron chi connectivity index (χ1n) is 6.68. The number of fused-ring (bicyclic) bond motifs is 1. The van der Waals surface area contributed by atoms with E-state index in [-0.39, 0.29) is 6.04 Å². The number of aromatic nitrogens is 4. The molecule has 2 aromatic rings. The SMILES string of the molecule is C=CC(C1CCCCC1)n1nc2cccnc2n1. The van der Waals surface area contributed by atoms with Gasteiger partial charge in [-0.3, -0.25) is 0 Å². The topological polar surface area (TPSA) is 43.6 Å². The third-order valence-corrected chi connectivity index (χ3v) is 3.81. The highest BCUT2D eigenvalue weighted by Crippen LogP contribution is 2.33. The summed E-state index contributed by atoms with van der Waals surface area (Å²) in [6.07, 6.45) is 10.2. The Balaban J connectivity index is 1.92. The van der Waals surface area contributed by atoms with Gasteiger partial charge in [-0.25, -0.2) is 4.98 Å². The van der Waals surface area contributed by atoms with Crippen LogP contribution in [-0.2, 0) is 0 Å². The number of rotatable bonds is 3. The summed E-state index contributed by atoms with van der Waals surface area (Å²) in [6, 6.07) is 4.05. The smallest absolute Gasteiger partial charge is 0.201 e. The standard InChI is InChI=1S/C14H18N4/c1-2-13(11-7-4-3-5-8-11)18-16-12-9-6-10-15-14(12)17-18/h2,6,9-11,13H,1,3-5,7-8H2. The van der Waals surface area contributed by atoms with Crippen LogP contribution in [0.1, 0.15) is 38.1 Å². The molecule has 0 aliphatic heterocycles. The van der Waals surface area contributed by atoms with Crippen LogP contribution >= 0.6 is 0 Å². The quantitative estimate of drug-likeness (QED) is 0.777. The van der Waals surface area contributed by atoms with Gasteiger partial charge in [0.2, 0.25) is 5.65 Å². The first-order valence-corrected chi connectivity index (χ1v) is 6.68. The van der Waals surface area contributed by atoms with Crippen molar-refractivity contribution in [3.63, 3.8) is 0 Å². The molecule has 0 amide bonds. The van der Waals surface area contributed by atoms with Crippen LogP contribution in [0.15, 0.2) is 31.0 Å². The third-order valence-electron chi connectivity index (χ3n) is 3.81. The molecule has 0 aromatic carbocycles. The summed E-state index contributed by atoms with van der Waals surface area (Å²) in [5.41, 5.74) is 1.58. The molecule has 1 unspecified atom stereocenters. The summed E-state index contributed by atoms with van der Waals surface area (Å²) in [5, 5.41) is 9.01. The lowest BCUT2D eigenvalue weighted by Crippen LogP contribution is -2.22. The molecule has 3 rings (SSSR count). The number of allylic oxidation sites excluding steroid dienone is 1. The minimum Gasteiger partial charge on any atom is -0.234 e. The van der Waals surface area contributed by atoms with E-state index in [2.05, 4.69) is 21.8 Å². The highest BCUT2D eigenvalue weighted by molar-refractivity contribution is 5.67. The van der Waals surface area contributed by atoms with Crippen LogP contribution in [-0.4, -0.2) is 20.0 Å². The average molecular weight is 242 g/mol. The van der Waals surface area contributed by atoms with Crippen molar-refractivity contribution in [2.45, 2.75) is 38.1 Å². The molecule has 18 heavy (non-hydrogen) atoms. The van der Waals surface area contributed by atoms with E-state index in [1.54, 1.807) is 11.0 Å². The van der Waals surface area contributed by atoms with Crippen molar-refractivity contribution in [3.8, 4) is 0 Å². The Kier molecular flexibility index (Phi) is 3.09. The van der Waals surface area contributed by atoms with Gasteiger partial charge in [0.15, 0.2) is 0 Å². The van der Waals surface area contributed by atoms with Gasteiger partial charge >= 0.3 is 0 Å². The van der Waals surface area contributed by atoms with Crippen molar-refractivity contribution in [3.05, 3.63) is 31.0 Å². The zero-order chi connectivity index (χ0) is 12.4. The van der Waals surface area contributed by atoms with Gasteiger partial charge in [0.05, 0.1) is 6.04 Å². The first kappa shape index (κ1) is 11.4. The molecule has 0 spiro atoms. The molecule has 2 aromatic heterocycles. The lowest BCUT2D eigenvalue weighted by Gasteiger charge is -2.27. The van der Waals surface area contributed by atoms with Crippen molar-refractivity contribution in [2.75, 3.05) is 0 Å². The van der Waals surface area contributed by atoms with E-state index in [0.29, 0.717) is 5.92 Å². The fourth-order valence-electron chi connectivity index (χ4n) is 2.86. The third kappa shape index (κ3) is 2.03. The lowest BCUT2D eigenvalue weighted by atomic mass is 9.84. The average Bonchev–Trinajstić information content (AvgIpc) is 2.84. The molecule has 0 bridgehead atoms. The Morgan fingerprint density at radius 1 is 1.28 bits per heavy atom. The van der Waals surface area contributed by atoms with Gasteiger partial charge in [0.25, 0.3) is 0 Å². The Bertz CT molecular complexity index is 506. The largest absolute Gasteiger partial charge is 0.234 e. The van der Waals surface area contributed by atoms with E-state index < -0.39 is 0 Å². The molecule has 2 heterocycles. The van der Waals surface area contributed by atoms with E-state index in [0.717, 1.165) is 11.2 Å². The van der Waals surface area contributed by atoms with Gasteiger partial charge in [-0.15, -0.1) is 11.7 Å². The second kappa shape index (κ2) is 4.88. The highest BCUT2D eigenvalue weighted by Gasteiger charge is 2.24. The predicted molar refractivity (Wildman–Crippen MR) is 71.1 cm³/mol. The van der Waals surface area contributed by atoms with Gasteiger partial charge < -0.3 is 0 Å². The molecule has 1 fully saturated rings. The van der Waals surface area contributed by atoms with Crippen LogP contribution in [0.5, 0.6) is 0 Å². The van der Waals surface area contributed by atoms with Crippen LogP contribution in [0.3, 0.4) is 0 Å². The van der Waals surface area contributed by atoms with Gasteiger partial charge in [-0.2, -0.15) is 9.90 Å². The monoisotopic (exact) mass is 242 g/mol. The number of pyridine rings is 1. The van der Waals surface area contributed by atoms with Crippen LogP contribution in [0, 0.1) is 5.92 Å². The normalized spacial score (nSPS) is 18.9. The zero-order valence-corrected chi connectivity index (χ0v) is 10.5. The molecule has 4 heteroatoms. The Labute approximate surface area is 107 Å². The van der Waals surface area contributed by atoms with Crippen LogP contribution < -0.4 is 0 Å². The summed E-state index contributed by atoms with van der Waals surface area (Å²) in [6.45, 7) is 3.96. The summed E-state index contributed by atoms with van der Waals surface area (Å²) >= 11 is 0. The van der Waals surface area contributed by atoms with Gasteiger partial charge in [-0.05, 0) is 30.9 Å². The van der Waals surface area contributed by atoms with E-state index in [4.69, 9.17) is 0 Å². The molecule has 0 N–H and O–H groups in total. The molecule has 0 radical (unpaired) electrons. The van der Waals surface area contributed by atoms with Crippen LogP contribution in [0.25, 0.3) is 11.2 Å². The highest BCUT2D eigenvalue weighted by atomic mass is 15.5. The van der Waals surface area contributed by atoms with Crippen molar-refractivity contribution in [2.24, 2.45) is 5.92 Å². The number of nitrogens with zero attached hydrogens (tertiary/aromatic N) is 4. The van der Waals surface area contributed by atoms with E-state index in [1.165, 1.54) is 32.1 Å². The summed E-state index contributed by atoms with van der Waals surface area (Å²) in [5.74, 6) is 0.623. The molecule has 1 atom stereocenters. The van der Waals surface area contributed by atoms with Gasteiger partial charge in [-0.1, -0.05) is 25.3 Å². The molecule has 94 valence electrons. The van der Waals surface area contributed by atoms with E-state index >= 15 is 0 Å². The Hall–Kier alpha value is -1.71. The summed E-state index contributed by atoms with van der Waals surface area (Å²) in [4.78, 5) is 6.04. The fourth-order valence-corrected chi connectivity index (χ4v) is 2.86. The predicted octanol–water partition coefficient (Wildman–Crippen LogP) is 3.13. The maximum Gasteiger partial charge on any atom is 0.201 e. The summed E-state index contributed by atoms with van der Waals surface area (Å²) in [7, 11) is 0. The second-order valence-electron chi connectivity index (χ2n) is 4.99. The lowest BCUT2D eigenvalue weighted by molar-refractivity contribution is 0.258. The van der Waals surface area contributed by atoms with Crippen molar-refractivity contribution in [1.82, 2.24) is 20.0 Å². The first-order chi connectivity index (χ1) is 8.88. The minimum absolute atomic E-state index is 0.208. The number of hydrogen-bond donors (Lipinski definition) is 0. The van der Waals surface area contributed by atoms with E-state index in [9.17, 15) is 0 Å². The zero-order valence-electron chi connectivity index (χ0n) is 10.5. The van der Waals surface area contributed by atoms with Gasteiger partial charge in [0, 0.05) is 6.20 Å². The van der Waals surface area contributed by atoms with Gasteiger partial charge in [0.1, 0.15) is 5.52 Å². The van der Waals surface area contributed by atoms with Crippen LogP contribution in [0.4, 0.5) is 0 Å². The van der Waals surface area contributed by atoms with Crippen LogP contribution in [0.2, 0.25) is 0 Å².